The van der Waals surface area contributed by atoms with Gasteiger partial charge in [0.15, 0.2) is 0 Å². The van der Waals surface area contributed by atoms with Crippen molar-refractivity contribution in [3.8, 4) is 11.5 Å². The van der Waals surface area contributed by atoms with Gasteiger partial charge in [-0.3, -0.25) is 5.43 Å². The first kappa shape index (κ1) is 18.1. The van der Waals surface area contributed by atoms with Gasteiger partial charge in [0.1, 0.15) is 11.5 Å². The molecule has 26 heavy (non-hydrogen) atoms. The predicted molar refractivity (Wildman–Crippen MR) is 110 cm³/mol. The van der Waals surface area contributed by atoms with E-state index >= 15 is 0 Å². The van der Waals surface area contributed by atoms with Crippen LogP contribution >= 0.6 is 11.3 Å². The molecule has 0 atom stereocenters. The summed E-state index contributed by atoms with van der Waals surface area (Å²) in [6.07, 6.45) is 1.75. The Kier molecular flexibility index (Phi) is 5.38. The van der Waals surface area contributed by atoms with Gasteiger partial charge in [-0.1, -0.05) is 45.0 Å². The van der Waals surface area contributed by atoms with Crippen LogP contribution in [-0.4, -0.2) is 11.2 Å². The van der Waals surface area contributed by atoms with Gasteiger partial charge in [0.05, 0.1) is 11.9 Å². The highest BCUT2D eigenvalue weighted by Gasteiger charge is 2.13. The summed E-state index contributed by atoms with van der Waals surface area (Å²) in [5, 5.41) is 7.02. The largest absolute Gasteiger partial charge is 0.457 e. The fourth-order valence-corrected chi connectivity index (χ4v) is 3.03. The first-order chi connectivity index (χ1) is 12.4. The van der Waals surface area contributed by atoms with E-state index in [1.807, 2.05) is 48.7 Å². The van der Waals surface area contributed by atoms with E-state index in [0.717, 1.165) is 27.9 Å². The number of hydrazone groups is 1. The second kappa shape index (κ2) is 7.70. The molecule has 0 bridgehead atoms. The molecule has 5 heteroatoms. The standard InChI is InChI=1S/C21H23N3OS/c1-15-14-26-20(23-15)24-22-13-16-7-5-6-8-19(16)25-18-11-9-17(10-12-18)21(2,3)4/h5-14H,1-4H3,(H,23,24). The predicted octanol–water partition coefficient (Wildman–Crippen LogP) is 5.99. The van der Waals surface area contributed by atoms with Gasteiger partial charge in [-0.2, -0.15) is 5.10 Å². The van der Waals surface area contributed by atoms with Gasteiger partial charge in [0.2, 0.25) is 5.13 Å². The summed E-state index contributed by atoms with van der Waals surface area (Å²) >= 11 is 1.53. The van der Waals surface area contributed by atoms with Crippen LogP contribution in [-0.2, 0) is 5.41 Å². The second-order valence-electron chi connectivity index (χ2n) is 7.08. The van der Waals surface area contributed by atoms with E-state index in [4.69, 9.17) is 4.74 Å². The maximum atomic E-state index is 6.05. The number of aryl methyl sites for hydroxylation is 1. The summed E-state index contributed by atoms with van der Waals surface area (Å²) in [6, 6.07) is 16.1. The van der Waals surface area contributed by atoms with Crippen LogP contribution in [0.25, 0.3) is 0 Å². The number of benzene rings is 2. The van der Waals surface area contributed by atoms with Gasteiger partial charge >= 0.3 is 0 Å². The van der Waals surface area contributed by atoms with E-state index in [0.29, 0.717) is 0 Å². The Morgan fingerprint density at radius 2 is 1.81 bits per heavy atom. The zero-order valence-corrected chi connectivity index (χ0v) is 16.3. The summed E-state index contributed by atoms with van der Waals surface area (Å²) in [4.78, 5) is 4.32. The van der Waals surface area contributed by atoms with Gasteiger partial charge in [-0.25, -0.2) is 4.98 Å². The number of nitrogens with one attached hydrogen (secondary N) is 1. The number of para-hydroxylation sites is 1. The Morgan fingerprint density at radius 3 is 2.46 bits per heavy atom. The average molecular weight is 366 g/mol. The summed E-state index contributed by atoms with van der Waals surface area (Å²) in [5.74, 6) is 1.57. The van der Waals surface area contributed by atoms with Gasteiger partial charge in [-0.15, -0.1) is 11.3 Å². The van der Waals surface area contributed by atoms with Crippen molar-refractivity contribution in [1.29, 1.82) is 0 Å². The van der Waals surface area contributed by atoms with E-state index in [2.05, 4.69) is 48.4 Å². The third-order valence-corrected chi connectivity index (χ3v) is 4.71. The first-order valence-corrected chi connectivity index (χ1v) is 9.38. The van der Waals surface area contributed by atoms with E-state index in [1.54, 1.807) is 6.21 Å². The number of anilines is 1. The maximum Gasteiger partial charge on any atom is 0.203 e. The highest BCUT2D eigenvalue weighted by molar-refractivity contribution is 7.13. The quantitative estimate of drug-likeness (QED) is 0.446. The third kappa shape index (κ3) is 4.70. The highest BCUT2D eigenvalue weighted by Crippen LogP contribution is 2.28. The molecule has 0 amide bonds. The van der Waals surface area contributed by atoms with Crippen LogP contribution in [0.5, 0.6) is 11.5 Å². The van der Waals surface area contributed by atoms with Crippen molar-refractivity contribution >= 4 is 22.7 Å². The molecule has 0 aliphatic heterocycles. The van der Waals surface area contributed by atoms with E-state index in [1.165, 1.54) is 16.9 Å². The normalized spacial score (nSPS) is 11.7. The number of aromatic nitrogens is 1. The molecule has 0 fully saturated rings. The summed E-state index contributed by atoms with van der Waals surface area (Å²) in [6.45, 7) is 8.56. The maximum absolute atomic E-state index is 6.05. The summed E-state index contributed by atoms with van der Waals surface area (Å²) < 4.78 is 6.05. The molecule has 1 heterocycles. The Bertz CT molecular complexity index is 892. The number of hydrogen-bond acceptors (Lipinski definition) is 5. The van der Waals surface area contributed by atoms with Crippen LogP contribution in [0.3, 0.4) is 0 Å². The molecule has 3 aromatic rings. The molecule has 0 aliphatic rings. The zero-order chi connectivity index (χ0) is 18.6. The van der Waals surface area contributed by atoms with Crippen LogP contribution < -0.4 is 10.2 Å². The molecule has 0 radical (unpaired) electrons. The molecule has 0 saturated heterocycles. The van der Waals surface area contributed by atoms with E-state index in [-0.39, 0.29) is 5.41 Å². The lowest BCUT2D eigenvalue weighted by Gasteiger charge is -2.19. The lowest BCUT2D eigenvalue weighted by molar-refractivity contribution is 0.480. The lowest BCUT2D eigenvalue weighted by atomic mass is 9.87. The fourth-order valence-electron chi connectivity index (χ4n) is 2.39. The van der Waals surface area contributed by atoms with Crippen molar-refractivity contribution < 1.29 is 4.74 Å². The minimum absolute atomic E-state index is 0.128. The van der Waals surface area contributed by atoms with Gasteiger partial charge < -0.3 is 4.74 Å². The van der Waals surface area contributed by atoms with Gasteiger partial charge in [0.25, 0.3) is 0 Å². The molecule has 1 aromatic heterocycles. The molecule has 0 spiro atoms. The molecule has 2 aromatic carbocycles. The Labute approximate surface area is 158 Å². The van der Waals surface area contributed by atoms with Crippen molar-refractivity contribution in [3.05, 3.63) is 70.7 Å². The topological polar surface area (TPSA) is 46.5 Å². The molecule has 4 nitrogen and oxygen atoms in total. The smallest absolute Gasteiger partial charge is 0.203 e. The molecule has 3 rings (SSSR count). The van der Waals surface area contributed by atoms with Crippen molar-refractivity contribution in [3.63, 3.8) is 0 Å². The van der Waals surface area contributed by atoms with E-state index < -0.39 is 0 Å². The minimum Gasteiger partial charge on any atom is -0.457 e. The Balaban J connectivity index is 1.72. The van der Waals surface area contributed by atoms with Crippen molar-refractivity contribution in [2.24, 2.45) is 5.10 Å². The second-order valence-corrected chi connectivity index (χ2v) is 7.94. The highest BCUT2D eigenvalue weighted by atomic mass is 32.1. The van der Waals surface area contributed by atoms with Crippen LogP contribution in [0.1, 0.15) is 37.6 Å². The monoisotopic (exact) mass is 365 g/mol. The number of hydrogen-bond donors (Lipinski definition) is 1. The fraction of sp³-hybridized carbons (Fsp3) is 0.238. The van der Waals surface area contributed by atoms with E-state index in [9.17, 15) is 0 Å². The lowest BCUT2D eigenvalue weighted by Crippen LogP contribution is -2.10. The molecule has 0 aliphatic carbocycles. The average Bonchev–Trinajstić information content (AvgIpc) is 3.01. The van der Waals surface area contributed by atoms with Crippen LogP contribution in [0.2, 0.25) is 0 Å². The molecule has 0 unspecified atom stereocenters. The molecule has 1 N–H and O–H groups in total. The molecule has 0 saturated carbocycles. The third-order valence-electron chi connectivity index (χ3n) is 3.85. The summed E-state index contributed by atoms with van der Waals surface area (Å²) in [5.41, 5.74) is 6.24. The van der Waals surface area contributed by atoms with Crippen LogP contribution in [0.15, 0.2) is 59.0 Å². The van der Waals surface area contributed by atoms with Crippen molar-refractivity contribution in [2.45, 2.75) is 33.1 Å². The zero-order valence-electron chi connectivity index (χ0n) is 15.5. The first-order valence-electron chi connectivity index (χ1n) is 8.50. The van der Waals surface area contributed by atoms with Gasteiger partial charge in [0, 0.05) is 10.9 Å². The minimum atomic E-state index is 0.128. The van der Waals surface area contributed by atoms with Crippen LogP contribution in [0, 0.1) is 6.92 Å². The molecular weight excluding hydrogens is 342 g/mol. The number of thiazole rings is 1. The number of rotatable bonds is 5. The van der Waals surface area contributed by atoms with Crippen molar-refractivity contribution in [2.75, 3.05) is 5.43 Å². The molecular formula is C21H23N3OS. The van der Waals surface area contributed by atoms with Gasteiger partial charge in [-0.05, 0) is 42.2 Å². The number of ether oxygens (including phenoxy) is 1. The Hall–Kier alpha value is -2.66. The Morgan fingerprint density at radius 1 is 1.08 bits per heavy atom. The summed E-state index contributed by atoms with van der Waals surface area (Å²) in [7, 11) is 0. The van der Waals surface area contributed by atoms with Crippen LogP contribution in [0.4, 0.5) is 5.13 Å². The molecule has 134 valence electrons. The number of nitrogens with zero attached hydrogens (tertiary/aromatic N) is 2. The SMILES string of the molecule is Cc1csc(NN=Cc2ccccc2Oc2ccc(C(C)(C)C)cc2)n1. The van der Waals surface area contributed by atoms with Crippen molar-refractivity contribution in [1.82, 2.24) is 4.98 Å².